The molecule has 4 aromatic rings. The van der Waals surface area contributed by atoms with Crippen LogP contribution >= 0.6 is 23.5 Å². The van der Waals surface area contributed by atoms with Crippen molar-refractivity contribution in [3.63, 3.8) is 0 Å². The second-order valence-electron chi connectivity index (χ2n) is 24.5. The lowest BCUT2D eigenvalue weighted by molar-refractivity contribution is -0.144. The number of benzene rings is 2. The van der Waals surface area contributed by atoms with Gasteiger partial charge in [0.1, 0.15) is 34.5 Å². The molecule has 2 aromatic carbocycles. The number of rotatable bonds is 34. The van der Waals surface area contributed by atoms with Crippen molar-refractivity contribution in [1.29, 1.82) is 0 Å². The van der Waals surface area contributed by atoms with Crippen molar-refractivity contribution in [2.45, 2.75) is 91.2 Å². The number of hydrogen-bond acceptors (Lipinski definition) is 24. The van der Waals surface area contributed by atoms with Gasteiger partial charge in [0.2, 0.25) is 20.0 Å². The molecule has 4 fully saturated rings. The Kier molecular flexibility index (Phi) is 28.2. The molecular weight excluding hydrogens is 1370 g/mol. The van der Waals surface area contributed by atoms with Crippen LogP contribution in [0.15, 0.2) is 107 Å². The summed E-state index contributed by atoms with van der Waals surface area (Å²) in [7, 11) is -8.19. The van der Waals surface area contributed by atoms with Gasteiger partial charge in [-0.3, -0.25) is 29.1 Å². The Labute approximate surface area is 583 Å². The molecule has 0 spiro atoms. The summed E-state index contributed by atoms with van der Waals surface area (Å²) in [6.07, 6.45) is 2.66. The Balaban J connectivity index is 0.595. The van der Waals surface area contributed by atoms with Crippen LogP contribution in [0.2, 0.25) is 0 Å². The first kappa shape index (κ1) is 77.2. The maximum absolute atomic E-state index is 13.8. The zero-order valence-corrected chi connectivity index (χ0v) is 58.8. The number of nitrogens with zero attached hydrogens (tertiary/aromatic N) is 8. The Morgan fingerprint density at radius 2 is 0.798 bits per heavy atom. The topological polar surface area (TPSA) is 364 Å². The second-order valence-corrected chi connectivity index (χ2v) is 31.5. The minimum Gasteiger partial charge on any atom is -0.481 e. The number of carboxylic acid groups (broad SMARTS) is 2. The normalized spacial score (nSPS) is 18.7. The van der Waals surface area contributed by atoms with E-state index in [4.69, 9.17) is 37.9 Å². The third-order valence-corrected chi connectivity index (χ3v) is 23.4. The van der Waals surface area contributed by atoms with Gasteiger partial charge >= 0.3 is 36.3 Å². The van der Waals surface area contributed by atoms with Gasteiger partial charge < -0.3 is 67.7 Å². The van der Waals surface area contributed by atoms with Gasteiger partial charge in [-0.15, -0.1) is 23.5 Å². The number of carbonyl (C=O) groups is 8. The predicted molar refractivity (Wildman–Crippen MR) is 358 cm³/mol. The van der Waals surface area contributed by atoms with Gasteiger partial charge in [0.25, 0.3) is 0 Å². The molecule has 0 saturated carbocycles. The molecule has 2 aromatic heterocycles. The third-order valence-electron chi connectivity index (χ3n) is 16.7. The SMILES string of the molecule is CC1(C)SCN(S(=O)(=O)c2cccnc2)[C@@H]1C(=O)C[C@@H](Cc1ccc(OC(=O)N2CCN(C(=O)OCCOCCOCCCOCCOCCOC(=O)N3CCN(C(=O)Oc4ccc(C[C@H](CC(=O)[C@H]5N(S(=O)(=O)c6cccnc6)CSC5(C)C)C(=O)O)cc4)CC3)CC2)cc1)C(=O)O. The van der Waals surface area contributed by atoms with Crippen LogP contribution in [0.1, 0.15) is 58.1 Å². The van der Waals surface area contributed by atoms with Crippen molar-refractivity contribution in [2.75, 3.05) is 130 Å². The summed E-state index contributed by atoms with van der Waals surface area (Å²) in [6.45, 7) is 11.0. The minimum atomic E-state index is -4.09. The summed E-state index contributed by atoms with van der Waals surface area (Å²) in [5.41, 5.74) is 1.12. The van der Waals surface area contributed by atoms with E-state index in [0.717, 1.165) is 8.61 Å². The van der Waals surface area contributed by atoms with Crippen LogP contribution in [-0.2, 0) is 80.5 Å². The lowest BCUT2D eigenvalue weighted by Gasteiger charge is -2.33. The molecule has 8 rings (SSSR count). The fourth-order valence-electron chi connectivity index (χ4n) is 11.3. The van der Waals surface area contributed by atoms with E-state index in [1.165, 1.54) is 116 Å². The number of sulfonamides is 2. The molecule has 0 unspecified atom stereocenters. The molecular formula is C65H84N8O22S4. The molecule has 30 nitrogen and oxygen atoms in total. The number of pyridine rings is 2. The zero-order valence-electron chi connectivity index (χ0n) is 55.5. The number of piperazine rings is 2. The predicted octanol–water partition coefficient (Wildman–Crippen LogP) is 5.63. The van der Waals surface area contributed by atoms with Crippen LogP contribution in [0, 0.1) is 11.8 Å². The van der Waals surface area contributed by atoms with Crippen LogP contribution in [0.3, 0.4) is 0 Å². The molecule has 0 radical (unpaired) electrons. The number of ketones is 2. The van der Waals surface area contributed by atoms with E-state index in [9.17, 15) is 65.4 Å². The smallest absolute Gasteiger partial charge is 0.415 e. The van der Waals surface area contributed by atoms with Gasteiger partial charge in [-0.2, -0.15) is 8.61 Å². The highest BCUT2D eigenvalue weighted by molar-refractivity contribution is 8.02. The van der Waals surface area contributed by atoms with Crippen LogP contribution in [0.25, 0.3) is 0 Å². The first-order valence-electron chi connectivity index (χ1n) is 32.1. The second kappa shape index (κ2) is 36.2. The highest BCUT2D eigenvalue weighted by Crippen LogP contribution is 2.45. The van der Waals surface area contributed by atoms with Crippen LogP contribution in [-0.4, -0.2) is 265 Å². The molecule has 4 aliphatic rings. The molecule has 2 N–H and O–H groups in total. The number of aliphatic carboxylic acids is 2. The van der Waals surface area contributed by atoms with E-state index < -0.39 is 114 Å². The third kappa shape index (κ3) is 21.7. The Hall–Kier alpha value is -7.54. The van der Waals surface area contributed by atoms with Crippen molar-refractivity contribution < 1.29 is 103 Å². The molecule has 6 heterocycles. The van der Waals surface area contributed by atoms with Gasteiger partial charge in [-0.1, -0.05) is 24.3 Å². The number of thioether (sulfide) groups is 2. The van der Waals surface area contributed by atoms with Crippen LogP contribution < -0.4 is 9.47 Å². The Bertz CT molecular complexity index is 3390. The summed E-state index contributed by atoms with van der Waals surface area (Å²) in [5.74, 6) is -5.31. The number of carboxylic acids is 2. The number of ether oxygens (including phenoxy) is 8. The number of carbonyl (C=O) groups excluding carboxylic acids is 6. The van der Waals surface area contributed by atoms with Crippen LogP contribution in [0.5, 0.6) is 11.5 Å². The largest absolute Gasteiger partial charge is 0.481 e. The monoisotopic (exact) mass is 1460 g/mol. The van der Waals surface area contributed by atoms with Crippen LogP contribution in [0.4, 0.5) is 19.2 Å². The van der Waals surface area contributed by atoms with Gasteiger partial charge in [0.15, 0.2) is 11.6 Å². The summed E-state index contributed by atoms with van der Waals surface area (Å²) in [4.78, 5) is 117. The van der Waals surface area contributed by atoms with E-state index in [0.29, 0.717) is 44.0 Å². The highest BCUT2D eigenvalue weighted by atomic mass is 32.2. The average Bonchev–Trinajstić information content (AvgIpc) is 1.62. The summed E-state index contributed by atoms with van der Waals surface area (Å²) >= 11 is 2.59. The highest BCUT2D eigenvalue weighted by Gasteiger charge is 2.53. The van der Waals surface area contributed by atoms with Gasteiger partial charge in [-0.25, -0.2) is 36.0 Å². The van der Waals surface area contributed by atoms with Gasteiger partial charge in [0.05, 0.1) is 75.3 Å². The molecule has 540 valence electrons. The summed E-state index contributed by atoms with van der Waals surface area (Å²) in [5, 5.41) is 20.2. The Morgan fingerprint density at radius 1 is 0.475 bits per heavy atom. The van der Waals surface area contributed by atoms with E-state index in [-0.39, 0.29) is 138 Å². The average molecular weight is 1460 g/mol. The first-order chi connectivity index (χ1) is 47.2. The number of amides is 4. The minimum absolute atomic E-state index is 0.0129. The van der Waals surface area contributed by atoms with Crippen molar-refractivity contribution in [3.05, 3.63) is 109 Å². The van der Waals surface area contributed by atoms with E-state index in [2.05, 4.69) is 9.97 Å². The molecule has 0 aliphatic carbocycles. The number of aromatic nitrogens is 2. The lowest BCUT2D eigenvalue weighted by Crippen LogP contribution is -2.51. The molecule has 4 aliphatic heterocycles. The Morgan fingerprint density at radius 3 is 1.12 bits per heavy atom. The molecule has 0 bridgehead atoms. The van der Waals surface area contributed by atoms with Gasteiger partial charge in [-0.05, 0) is 107 Å². The maximum Gasteiger partial charge on any atom is 0.415 e. The maximum atomic E-state index is 13.8. The molecule has 4 saturated heterocycles. The van der Waals surface area contributed by atoms with E-state index >= 15 is 0 Å². The standard InChI is InChI=1S/C65H84N8O22S4/c1-64(2)56(72(44-96-64)98(84,85)52-8-5-18-66-42-52)54(74)40-48(58(76)77)38-46-10-14-50(15-11-46)94-62(82)70-24-20-68(21-25-70)60(80)92-36-34-90-32-30-88-28-7-29-89-31-33-91-35-37-93-61(81)69-22-26-71(27-23-69)63(83)95-51-16-12-47(13-17-51)39-49(59(78)79)41-55(75)57-65(3,4)97-45-73(57)99(86,87)53-9-6-19-67-43-53/h5-6,8-19,42-43,48-49,56-57H,7,20-41,44-45H2,1-4H3,(H,76,77)(H,78,79)/t48-,49-,56-,57-/m1/s1. The number of Topliss-reactive ketones (excluding diaryl/α,β-unsaturated/α-hetero) is 2. The fourth-order valence-corrected chi connectivity index (χ4v) is 17.7. The molecule has 99 heavy (non-hydrogen) atoms. The van der Waals surface area contributed by atoms with Crippen molar-refractivity contribution >= 4 is 91.4 Å². The van der Waals surface area contributed by atoms with Crippen molar-refractivity contribution in [3.8, 4) is 11.5 Å². The van der Waals surface area contributed by atoms with Crippen molar-refractivity contribution in [2.24, 2.45) is 11.8 Å². The molecule has 34 heteroatoms. The summed E-state index contributed by atoms with van der Waals surface area (Å²) in [6, 6.07) is 16.0. The first-order valence-corrected chi connectivity index (χ1v) is 37.0. The molecule has 4 atom stereocenters. The van der Waals surface area contributed by atoms with E-state index in [1.54, 1.807) is 52.0 Å². The van der Waals surface area contributed by atoms with E-state index in [1.807, 2.05) is 0 Å². The fraction of sp³-hybridized carbons (Fsp3) is 0.538. The quantitative estimate of drug-likeness (QED) is 0.0535. The molecule has 4 amide bonds. The lowest BCUT2D eigenvalue weighted by atomic mass is 9.89. The van der Waals surface area contributed by atoms with Crippen molar-refractivity contribution in [1.82, 2.24) is 38.2 Å². The number of hydrogen-bond donors (Lipinski definition) is 2. The van der Waals surface area contributed by atoms with Gasteiger partial charge in [0, 0.05) is 113 Å². The summed E-state index contributed by atoms with van der Waals surface area (Å²) < 4.78 is 98.7. The zero-order chi connectivity index (χ0) is 71.3.